The Balaban J connectivity index is 0.00000576. The van der Waals surface area contributed by atoms with E-state index in [4.69, 9.17) is 9.47 Å². The first-order valence-corrected chi connectivity index (χ1v) is 8.87. The number of rotatable bonds is 10. The number of nitrogens with zero attached hydrogens (tertiary/aromatic N) is 2. The van der Waals surface area contributed by atoms with Crippen LogP contribution in [0.4, 0.5) is 0 Å². The summed E-state index contributed by atoms with van der Waals surface area (Å²) >= 11 is 0. The monoisotopic (exact) mass is 470 g/mol. The van der Waals surface area contributed by atoms with Gasteiger partial charge in [-0.1, -0.05) is 13.8 Å². The molecule has 0 spiro atoms. The summed E-state index contributed by atoms with van der Waals surface area (Å²) in [5, 5.41) is 6.52. The molecule has 25 heavy (non-hydrogen) atoms. The van der Waals surface area contributed by atoms with Crippen molar-refractivity contribution in [2.75, 3.05) is 60.2 Å². The molecule has 1 saturated heterocycles. The van der Waals surface area contributed by atoms with Crippen molar-refractivity contribution in [3.63, 3.8) is 0 Å². The van der Waals surface area contributed by atoms with Gasteiger partial charge in [0.05, 0.1) is 13.2 Å². The third-order valence-corrected chi connectivity index (χ3v) is 3.68. The van der Waals surface area contributed by atoms with Crippen LogP contribution in [0.1, 0.15) is 26.7 Å². The van der Waals surface area contributed by atoms with E-state index in [1.54, 1.807) is 19.0 Å². The molecule has 0 radical (unpaired) electrons. The van der Waals surface area contributed by atoms with Gasteiger partial charge in [0.2, 0.25) is 5.91 Å². The number of halogens is 1. The summed E-state index contributed by atoms with van der Waals surface area (Å²) in [5.74, 6) is 1.74. The lowest BCUT2D eigenvalue weighted by Crippen LogP contribution is -2.40. The highest BCUT2D eigenvalue weighted by Crippen LogP contribution is 2.12. The number of nitrogens with one attached hydrogen (secondary N) is 2. The fourth-order valence-corrected chi connectivity index (χ4v) is 2.11. The van der Waals surface area contributed by atoms with E-state index in [-0.39, 0.29) is 36.4 Å². The summed E-state index contributed by atoms with van der Waals surface area (Å²) < 4.78 is 11.0. The lowest BCUT2D eigenvalue weighted by molar-refractivity contribution is -0.127. The van der Waals surface area contributed by atoms with E-state index in [9.17, 15) is 4.79 Å². The van der Waals surface area contributed by atoms with E-state index in [0.717, 1.165) is 52.4 Å². The van der Waals surface area contributed by atoms with E-state index in [1.807, 2.05) is 0 Å². The van der Waals surface area contributed by atoms with Gasteiger partial charge in [-0.3, -0.25) is 4.79 Å². The van der Waals surface area contributed by atoms with Crippen LogP contribution in [0, 0.1) is 11.8 Å². The Morgan fingerprint density at radius 3 is 2.72 bits per heavy atom. The van der Waals surface area contributed by atoms with Gasteiger partial charge in [0.1, 0.15) is 6.54 Å². The SMILES string of the molecule is CC(C)CNC(=NCC(=O)N(C)C)NCCCOCC1CCOC1.I. The summed E-state index contributed by atoms with van der Waals surface area (Å²) in [6.07, 6.45) is 2.01. The molecular weight excluding hydrogens is 435 g/mol. The molecule has 1 rings (SSSR count). The van der Waals surface area contributed by atoms with Gasteiger partial charge in [-0.05, 0) is 18.8 Å². The van der Waals surface area contributed by atoms with Crippen molar-refractivity contribution in [1.82, 2.24) is 15.5 Å². The van der Waals surface area contributed by atoms with Crippen molar-refractivity contribution >= 4 is 35.8 Å². The fraction of sp³-hybridized carbons (Fsp3) is 0.882. The Bertz CT molecular complexity index is 386. The average molecular weight is 470 g/mol. The van der Waals surface area contributed by atoms with Crippen LogP contribution in [0.25, 0.3) is 0 Å². The summed E-state index contributed by atoms with van der Waals surface area (Å²) in [6.45, 7) is 9.20. The highest BCUT2D eigenvalue weighted by Gasteiger charge is 2.15. The van der Waals surface area contributed by atoms with E-state index in [2.05, 4.69) is 29.5 Å². The molecule has 0 aliphatic carbocycles. The van der Waals surface area contributed by atoms with Crippen LogP contribution in [0.3, 0.4) is 0 Å². The lowest BCUT2D eigenvalue weighted by atomic mass is 10.1. The summed E-state index contributed by atoms with van der Waals surface area (Å²) in [4.78, 5) is 17.5. The van der Waals surface area contributed by atoms with Crippen LogP contribution in [-0.2, 0) is 14.3 Å². The smallest absolute Gasteiger partial charge is 0.243 e. The predicted molar refractivity (Wildman–Crippen MR) is 112 cm³/mol. The first-order valence-electron chi connectivity index (χ1n) is 8.87. The normalized spacial score (nSPS) is 17.3. The third kappa shape index (κ3) is 12.4. The van der Waals surface area contributed by atoms with E-state index >= 15 is 0 Å². The van der Waals surface area contributed by atoms with Gasteiger partial charge in [-0.15, -0.1) is 24.0 Å². The minimum atomic E-state index is -0.0113. The predicted octanol–water partition coefficient (Wildman–Crippen LogP) is 1.33. The minimum Gasteiger partial charge on any atom is -0.381 e. The number of amides is 1. The third-order valence-electron chi connectivity index (χ3n) is 3.68. The standard InChI is InChI=1S/C17H34N4O3.HI/c1-14(2)10-19-17(20-11-16(22)21(3)4)18-7-5-8-23-12-15-6-9-24-13-15;/h14-15H,5-13H2,1-4H3,(H2,18,19,20);1H. The zero-order chi connectivity index (χ0) is 17.8. The average Bonchev–Trinajstić information content (AvgIpc) is 3.05. The van der Waals surface area contributed by atoms with E-state index in [0.29, 0.717) is 17.8 Å². The number of aliphatic imine (C=N–C) groups is 1. The summed E-state index contributed by atoms with van der Waals surface area (Å²) in [5.41, 5.74) is 0. The summed E-state index contributed by atoms with van der Waals surface area (Å²) in [6, 6.07) is 0. The molecule has 1 fully saturated rings. The molecule has 8 heteroatoms. The largest absolute Gasteiger partial charge is 0.381 e. The van der Waals surface area contributed by atoms with Crippen LogP contribution < -0.4 is 10.6 Å². The Morgan fingerprint density at radius 2 is 2.12 bits per heavy atom. The van der Waals surface area contributed by atoms with Crippen molar-refractivity contribution in [2.24, 2.45) is 16.8 Å². The van der Waals surface area contributed by atoms with Gasteiger partial charge >= 0.3 is 0 Å². The number of carbonyl (C=O) groups excluding carboxylic acids is 1. The van der Waals surface area contributed by atoms with Gasteiger partial charge in [0, 0.05) is 46.3 Å². The zero-order valence-corrected chi connectivity index (χ0v) is 18.4. The Hall–Kier alpha value is -0.610. The van der Waals surface area contributed by atoms with Crippen molar-refractivity contribution in [3.8, 4) is 0 Å². The maximum absolute atomic E-state index is 11.7. The maximum Gasteiger partial charge on any atom is 0.243 e. The molecule has 148 valence electrons. The number of ether oxygens (including phenoxy) is 2. The van der Waals surface area contributed by atoms with Crippen LogP contribution in [0.2, 0.25) is 0 Å². The van der Waals surface area contributed by atoms with E-state index < -0.39 is 0 Å². The molecule has 0 bridgehead atoms. The molecule has 1 atom stereocenters. The second-order valence-electron chi connectivity index (χ2n) is 6.81. The van der Waals surface area contributed by atoms with Crippen LogP contribution in [-0.4, -0.2) is 76.9 Å². The molecule has 2 N–H and O–H groups in total. The Labute approximate surface area is 169 Å². The molecule has 1 heterocycles. The second-order valence-corrected chi connectivity index (χ2v) is 6.81. The first kappa shape index (κ1) is 24.4. The number of carbonyl (C=O) groups is 1. The van der Waals surface area contributed by atoms with Crippen molar-refractivity contribution < 1.29 is 14.3 Å². The van der Waals surface area contributed by atoms with Gasteiger partial charge in [-0.25, -0.2) is 4.99 Å². The van der Waals surface area contributed by atoms with Gasteiger partial charge in [0.25, 0.3) is 0 Å². The molecule has 1 aliphatic rings. The molecule has 0 saturated carbocycles. The molecule has 7 nitrogen and oxygen atoms in total. The van der Waals surface area contributed by atoms with Crippen LogP contribution >= 0.6 is 24.0 Å². The maximum atomic E-state index is 11.7. The van der Waals surface area contributed by atoms with Crippen molar-refractivity contribution in [3.05, 3.63) is 0 Å². The lowest BCUT2D eigenvalue weighted by Gasteiger charge is -2.15. The highest BCUT2D eigenvalue weighted by atomic mass is 127. The molecule has 1 amide bonds. The van der Waals surface area contributed by atoms with Crippen molar-refractivity contribution in [2.45, 2.75) is 26.7 Å². The molecule has 0 aromatic carbocycles. The molecule has 1 unspecified atom stereocenters. The Kier molecular flexibility index (Phi) is 14.2. The summed E-state index contributed by atoms with van der Waals surface area (Å²) in [7, 11) is 3.47. The second kappa shape index (κ2) is 14.5. The first-order chi connectivity index (χ1) is 11.5. The molecule has 0 aromatic rings. The quantitative estimate of drug-likeness (QED) is 0.218. The Morgan fingerprint density at radius 1 is 1.36 bits per heavy atom. The van der Waals surface area contributed by atoms with Gasteiger partial charge in [0.15, 0.2) is 5.96 Å². The topological polar surface area (TPSA) is 75.2 Å². The van der Waals surface area contributed by atoms with Crippen molar-refractivity contribution in [1.29, 1.82) is 0 Å². The minimum absolute atomic E-state index is 0. The van der Waals surface area contributed by atoms with Crippen LogP contribution in [0.15, 0.2) is 4.99 Å². The van der Waals surface area contributed by atoms with E-state index in [1.165, 1.54) is 0 Å². The molecule has 1 aliphatic heterocycles. The fourth-order valence-electron chi connectivity index (χ4n) is 2.11. The number of hydrogen-bond donors (Lipinski definition) is 2. The number of guanidine groups is 1. The number of likely N-dealkylation sites (N-methyl/N-ethyl adjacent to an activating group) is 1. The van der Waals surface area contributed by atoms with Gasteiger partial charge in [-0.2, -0.15) is 0 Å². The molecule has 0 aromatic heterocycles. The van der Waals surface area contributed by atoms with Gasteiger partial charge < -0.3 is 25.0 Å². The highest BCUT2D eigenvalue weighted by molar-refractivity contribution is 14.0. The molecular formula is C17H35IN4O3. The zero-order valence-electron chi connectivity index (χ0n) is 16.0. The number of hydrogen-bond acceptors (Lipinski definition) is 4. The van der Waals surface area contributed by atoms with Crippen LogP contribution in [0.5, 0.6) is 0 Å².